The maximum absolute atomic E-state index is 14.4. The van der Waals surface area contributed by atoms with Crippen LogP contribution >= 0.6 is 23.2 Å². The van der Waals surface area contributed by atoms with E-state index < -0.39 is 78.1 Å². The van der Waals surface area contributed by atoms with Crippen molar-refractivity contribution in [1.29, 1.82) is 0 Å². The molecule has 388 valence electrons. The second-order valence-corrected chi connectivity index (χ2v) is 21.9. The summed E-state index contributed by atoms with van der Waals surface area (Å²) in [5.74, 6) is -1.05. The van der Waals surface area contributed by atoms with Crippen molar-refractivity contribution in [2.24, 2.45) is 0 Å². The zero-order valence-electron chi connectivity index (χ0n) is 40.0. The molecule has 8 rings (SSSR count). The van der Waals surface area contributed by atoms with Gasteiger partial charge in [0.2, 0.25) is 23.5 Å². The van der Waals surface area contributed by atoms with E-state index in [-0.39, 0.29) is 69.8 Å². The second-order valence-electron chi connectivity index (χ2n) is 16.4. The normalized spacial score (nSPS) is 19.4. The Morgan fingerprint density at radius 3 is 1.11 bits per heavy atom. The first kappa shape index (κ1) is 53.8. The highest BCUT2D eigenvalue weighted by Crippen LogP contribution is 2.44. The van der Waals surface area contributed by atoms with Crippen LogP contribution < -0.4 is 18.9 Å². The molecule has 2 fully saturated rings. The van der Waals surface area contributed by atoms with Crippen LogP contribution in [0.5, 0.6) is 23.5 Å². The summed E-state index contributed by atoms with van der Waals surface area (Å²) in [5, 5.41) is 15.0. The van der Waals surface area contributed by atoms with Gasteiger partial charge in [-0.05, 0) is 39.5 Å². The molecule has 0 aromatic carbocycles. The number of hydrogen-bond donors (Lipinski definition) is 0. The van der Waals surface area contributed by atoms with Crippen molar-refractivity contribution in [1.82, 2.24) is 69.4 Å². The minimum Gasteiger partial charge on any atom is -0.479 e. The maximum Gasteiger partial charge on any atom is 0.245 e. The fourth-order valence-electron chi connectivity index (χ4n) is 7.94. The Hall–Kier alpha value is -5.94. The van der Waals surface area contributed by atoms with Crippen LogP contribution in [0, 0.1) is 0 Å². The SMILES string of the molecule is COc1ncnc(OC)c1-n1c(CS(=O)(=O)[C@@H](C)[C@H](OC)c2ncc(Cl)cn2)nnc1[C@@H]1CC[C@@H]1F.COc1ncnc(OC)c1-n1c(CS(=O)(=O)[C@@H](C)[C@H](OC)c2ncc(Cl)cn2)nnc1[C@H]1CC[C@H]1F. The van der Waals surface area contributed by atoms with Crippen molar-refractivity contribution < 1.29 is 54.0 Å². The average Bonchev–Trinajstić information content (AvgIpc) is 3.95. The van der Waals surface area contributed by atoms with Gasteiger partial charge in [-0.15, -0.1) is 20.4 Å². The van der Waals surface area contributed by atoms with E-state index in [0.717, 1.165) is 0 Å². The smallest absolute Gasteiger partial charge is 0.245 e. The Labute approximate surface area is 422 Å². The van der Waals surface area contributed by atoms with Gasteiger partial charge >= 0.3 is 0 Å². The van der Waals surface area contributed by atoms with Crippen molar-refractivity contribution in [2.45, 2.75) is 97.9 Å². The van der Waals surface area contributed by atoms with Crippen molar-refractivity contribution >= 4 is 42.9 Å². The lowest BCUT2D eigenvalue weighted by molar-refractivity contribution is 0.0947. The fraction of sp³-hybridized carbons (Fsp3) is 0.524. The molecule has 0 spiro atoms. The summed E-state index contributed by atoms with van der Waals surface area (Å²) >= 11 is 11.7. The van der Waals surface area contributed by atoms with E-state index in [2.05, 4.69) is 60.3 Å². The largest absolute Gasteiger partial charge is 0.479 e. The molecule has 6 heterocycles. The summed E-state index contributed by atoms with van der Waals surface area (Å²) in [7, 11) is 0.414. The lowest BCUT2D eigenvalue weighted by Gasteiger charge is -2.30. The number of halogens is 4. The van der Waals surface area contributed by atoms with Gasteiger partial charge in [0.05, 0.1) is 60.8 Å². The summed E-state index contributed by atoms with van der Waals surface area (Å²) in [6, 6.07) is 0. The molecular weight excluding hydrogens is 1030 g/mol. The monoisotopic (exact) mass is 1080 g/mol. The van der Waals surface area contributed by atoms with Crippen LogP contribution in [0.25, 0.3) is 11.4 Å². The number of aromatic nitrogens is 14. The third kappa shape index (κ3) is 11.0. The number of nitrogens with zero attached hydrogens (tertiary/aromatic N) is 14. The number of rotatable bonds is 20. The lowest BCUT2D eigenvalue weighted by Crippen LogP contribution is -2.31. The topological polar surface area (TPSA) is 288 Å². The number of methoxy groups -OCH3 is 6. The molecule has 2 aliphatic carbocycles. The van der Waals surface area contributed by atoms with Gasteiger partial charge < -0.3 is 28.4 Å². The third-order valence-electron chi connectivity index (χ3n) is 12.2. The first-order chi connectivity index (χ1) is 34.4. The molecule has 6 aromatic heterocycles. The Morgan fingerprint density at radius 1 is 0.542 bits per heavy atom. The highest BCUT2D eigenvalue weighted by molar-refractivity contribution is 7.91. The molecule has 0 N–H and O–H groups in total. The van der Waals surface area contributed by atoms with Crippen molar-refractivity contribution in [3.63, 3.8) is 0 Å². The second kappa shape index (κ2) is 22.9. The van der Waals surface area contributed by atoms with Gasteiger partial charge in [-0.1, -0.05) is 23.2 Å². The lowest BCUT2D eigenvalue weighted by atomic mass is 9.82. The Kier molecular flexibility index (Phi) is 17.1. The highest BCUT2D eigenvalue weighted by Gasteiger charge is 2.42. The predicted molar refractivity (Wildman–Crippen MR) is 252 cm³/mol. The number of alkyl halides is 2. The van der Waals surface area contributed by atoms with Crippen LogP contribution in [0.3, 0.4) is 0 Å². The molecular formula is C42H50Cl2F2N14O10S2. The molecule has 0 unspecified atom stereocenters. The van der Waals surface area contributed by atoms with E-state index in [1.807, 2.05) is 0 Å². The summed E-state index contributed by atoms with van der Waals surface area (Å²) in [5.41, 5.74) is 0.368. The van der Waals surface area contributed by atoms with Crippen LogP contribution in [0.2, 0.25) is 10.0 Å². The van der Waals surface area contributed by atoms with E-state index >= 15 is 0 Å². The molecule has 24 nitrogen and oxygen atoms in total. The van der Waals surface area contributed by atoms with E-state index in [1.165, 1.54) is 103 Å². The molecule has 30 heteroatoms. The van der Waals surface area contributed by atoms with Crippen LogP contribution in [0.1, 0.15) is 98.5 Å². The summed E-state index contributed by atoms with van der Waals surface area (Å²) in [6.07, 6.45) is 5.48. The molecule has 6 aromatic rings. The van der Waals surface area contributed by atoms with Gasteiger partial charge in [-0.2, -0.15) is 19.9 Å². The van der Waals surface area contributed by atoms with Gasteiger partial charge in [0.1, 0.15) is 60.4 Å². The van der Waals surface area contributed by atoms with E-state index in [4.69, 9.17) is 51.6 Å². The van der Waals surface area contributed by atoms with E-state index in [1.54, 1.807) is 0 Å². The Bertz CT molecular complexity index is 2810. The summed E-state index contributed by atoms with van der Waals surface area (Å²) in [4.78, 5) is 32.8. The zero-order chi connectivity index (χ0) is 52.1. The van der Waals surface area contributed by atoms with Crippen molar-refractivity contribution in [3.8, 4) is 34.9 Å². The average molecular weight is 1080 g/mol. The summed E-state index contributed by atoms with van der Waals surface area (Å²) in [6.45, 7) is 2.97. The molecule has 0 saturated heterocycles. The molecule has 0 bridgehead atoms. The number of sulfone groups is 2. The summed E-state index contributed by atoms with van der Waals surface area (Å²) < 4.78 is 118. The van der Waals surface area contributed by atoms with Gasteiger partial charge in [0.15, 0.2) is 54.3 Å². The Balaban J connectivity index is 0.000000211. The fourth-order valence-corrected chi connectivity index (χ4v) is 11.0. The molecule has 0 aliphatic heterocycles. The van der Waals surface area contributed by atoms with E-state index in [9.17, 15) is 25.6 Å². The van der Waals surface area contributed by atoms with Crippen LogP contribution in [-0.2, 0) is 40.7 Å². The van der Waals surface area contributed by atoms with Crippen LogP contribution in [0.15, 0.2) is 37.4 Å². The number of hydrogen-bond acceptors (Lipinski definition) is 22. The Morgan fingerprint density at radius 2 is 0.861 bits per heavy atom. The molecule has 72 heavy (non-hydrogen) atoms. The van der Waals surface area contributed by atoms with Gasteiger partial charge in [0.25, 0.3) is 0 Å². The molecule has 0 radical (unpaired) electrons. The van der Waals surface area contributed by atoms with Gasteiger partial charge in [-0.25, -0.2) is 45.6 Å². The van der Waals surface area contributed by atoms with E-state index in [0.29, 0.717) is 35.7 Å². The third-order valence-corrected chi connectivity index (χ3v) is 16.7. The number of ether oxygens (including phenoxy) is 6. The van der Waals surface area contributed by atoms with Crippen molar-refractivity contribution in [2.75, 3.05) is 42.7 Å². The highest BCUT2D eigenvalue weighted by atomic mass is 35.5. The van der Waals surface area contributed by atoms with Crippen LogP contribution in [0.4, 0.5) is 8.78 Å². The van der Waals surface area contributed by atoms with Gasteiger partial charge in [-0.3, -0.25) is 9.13 Å². The maximum atomic E-state index is 14.4. The minimum absolute atomic E-state index is 0.0224. The van der Waals surface area contributed by atoms with Crippen molar-refractivity contribution in [3.05, 3.63) is 82.4 Å². The molecule has 8 atom stereocenters. The first-order valence-electron chi connectivity index (χ1n) is 21.9. The quantitative estimate of drug-likeness (QED) is 0.0987. The molecule has 2 saturated carbocycles. The molecule has 2 aliphatic rings. The first-order valence-corrected chi connectivity index (χ1v) is 26.1. The van der Waals surface area contributed by atoms with Crippen LogP contribution in [-0.4, -0.2) is 152 Å². The molecule has 0 amide bonds. The zero-order valence-corrected chi connectivity index (χ0v) is 43.1. The standard InChI is InChI=1S/2C21H25ClFN7O5S/c2*1-11(17(33-2)18-24-7-12(22)8-25-18)36(31,32)9-15-28-29-19(13-5-6-14(13)23)30(15)16-20(34-3)26-10-27-21(16)35-4/h2*7-8,10-11,13-14,17H,5-6,9H2,1-4H3/t11-,13+,14-,17-;11-,13-,14+,17-/m00/s1. The predicted octanol–water partition coefficient (Wildman–Crippen LogP) is 4.85. The van der Waals surface area contributed by atoms with Gasteiger partial charge in [0, 0.05) is 39.0 Å². The minimum atomic E-state index is -3.94.